The maximum atomic E-state index is 9.34. The highest BCUT2D eigenvalue weighted by Gasteiger charge is 2.09. The Balaban J connectivity index is 2.34. The molecule has 2 N–H and O–H groups in total. The third-order valence-electron chi connectivity index (χ3n) is 2.75. The maximum Gasteiger partial charge on any atom is 0.0587 e. The summed E-state index contributed by atoms with van der Waals surface area (Å²) >= 11 is 0. The lowest BCUT2D eigenvalue weighted by molar-refractivity contribution is 0.152. The van der Waals surface area contributed by atoms with Gasteiger partial charge in [0.1, 0.15) is 0 Å². The fraction of sp³-hybridized carbons (Fsp3) is 0.571. The molecule has 0 aromatic heterocycles. The minimum Gasteiger partial charge on any atom is -0.395 e. The van der Waals surface area contributed by atoms with Crippen molar-refractivity contribution in [1.82, 2.24) is 5.32 Å². The minimum atomic E-state index is 0.122. The van der Waals surface area contributed by atoms with Crippen molar-refractivity contribution in [2.75, 3.05) is 26.9 Å². The van der Waals surface area contributed by atoms with Gasteiger partial charge in [-0.15, -0.1) is 0 Å². The number of hydrogen-bond donors (Lipinski definition) is 2. The van der Waals surface area contributed by atoms with Gasteiger partial charge in [-0.2, -0.15) is 0 Å². The molecular weight excluding hydrogens is 214 g/mol. The third kappa shape index (κ3) is 5.82. The topological polar surface area (TPSA) is 41.5 Å². The van der Waals surface area contributed by atoms with Gasteiger partial charge >= 0.3 is 0 Å². The van der Waals surface area contributed by atoms with Crippen LogP contribution in [0.1, 0.15) is 12.5 Å². The molecule has 1 aromatic rings. The average molecular weight is 237 g/mol. The van der Waals surface area contributed by atoms with Gasteiger partial charge in [-0.25, -0.2) is 0 Å². The normalized spacial score (nSPS) is 14.5. The van der Waals surface area contributed by atoms with E-state index >= 15 is 0 Å². The van der Waals surface area contributed by atoms with Crippen molar-refractivity contribution >= 4 is 0 Å². The first-order valence-electron chi connectivity index (χ1n) is 6.13. The summed E-state index contributed by atoms with van der Waals surface area (Å²) in [6.07, 6.45) is 0.858. The molecule has 0 saturated carbocycles. The summed E-state index contributed by atoms with van der Waals surface area (Å²) in [5, 5.41) is 12.7. The lowest BCUT2D eigenvalue weighted by Gasteiger charge is -2.19. The summed E-state index contributed by atoms with van der Waals surface area (Å²) in [6.45, 7) is 3.91. The number of hydrogen-bond acceptors (Lipinski definition) is 3. The van der Waals surface area contributed by atoms with Crippen molar-refractivity contribution in [2.45, 2.75) is 19.4 Å². The van der Waals surface area contributed by atoms with Crippen LogP contribution in [0.4, 0.5) is 0 Å². The second-order valence-corrected chi connectivity index (χ2v) is 4.54. The van der Waals surface area contributed by atoms with Crippen molar-refractivity contribution in [3.63, 3.8) is 0 Å². The molecule has 0 spiro atoms. The molecule has 2 atom stereocenters. The predicted octanol–water partition coefficient (Wildman–Crippen LogP) is 1.46. The van der Waals surface area contributed by atoms with Crippen molar-refractivity contribution in [1.29, 1.82) is 0 Å². The Labute approximate surface area is 104 Å². The molecule has 0 aliphatic carbocycles. The molecular formula is C14H23NO2. The van der Waals surface area contributed by atoms with Crippen LogP contribution in [0.2, 0.25) is 0 Å². The fourth-order valence-electron chi connectivity index (χ4n) is 1.81. The molecule has 0 fully saturated rings. The summed E-state index contributed by atoms with van der Waals surface area (Å²) in [5.74, 6) is 0.463. The van der Waals surface area contributed by atoms with E-state index in [-0.39, 0.29) is 12.6 Å². The van der Waals surface area contributed by atoms with E-state index in [0.29, 0.717) is 5.92 Å². The van der Waals surface area contributed by atoms with E-state index in [1.807, 2.05) is 18.2 Å². The number of benzene rings is 1. The Kier molecular flexibility index (Phi) is 6.86. The Morgan fingerprint density at radius 3 is 2.59 bits per heavy atom. The zero-order valence-corrected chi connectivity index (χ0v) is 10.7. The lowest BCUT2D eigenvalue weighted by Crippen LogP contribution is -2.38. The lowest BCUT2D eigenvalue weighted by atomic mass is 10.1. The summed E-state index contributed by atoms with van der Waals surface area (Å²) < 4.78 is 5.09. The number of ether oxygens (including phenoxy) is 1. The molecule has 0 aliphatic heterocycles. The maximum absolute atomic E-state index is 9.34. The average Bonchev–Trinajstić information content (AvgIpc) is 2.36. The van der Waals surface area contributed by atoms with Crippen molar-refractivity contribution < 1.29 is 9.84 Å². The molecule has 3 nitrogen and oxygen atoms in total. The zero-order valence-electron chi connectivity index (χ0n) is 10.7. The molecule has 17 heavy (non-hydrogen) atoms. The summed E-state index contributed by atoms with van der Waals surface area (Å²) in [7, 11) is 1.71. The second kappa shape index (κ2) is 8.23. The standard InChI is InChI=1S/C14H23NO2/c1-12(11-17-2)9-15-14(10-16)8-13-6-4-3-5-7-13/h3-7,12,14-16H,8-11H2,1-2H3/t12?,14-/m0/s1. The molecule has 0 saturated heterocycles. The summed E-state index contributed by atoms with van der Waals surface area (Å²) in [5.41, 5.74) is 1.25. The molecule has 0 radical (unpaired) electrons. The van der Waals surface area contributed by atoms with E-state index in [0.717, 1.165) is 19.6 Å². The van der Waals surface area contributed by atoms with Crippen LogP contribution < -0.4 is 5.32 Å². The Morgan fingerprint density at radius 2 is 2.00 bits per heavy atom. The van der Waals surface area contributed by atoms with Crippen LogP contribution in [0.3, 0.4) is 0 Å². The van der Waals surface area contributed by atoms with E-state index in [1.165, 1.54) is 5.56 Å². The number of aliphatic hydroxyl groups excluding tert-OH is 1. The van der Waals surface area contributed by atoms with E-state index in [2.05, 4.69) is 24.4 Å². The van der Waals surface area contributed by atoms with Gasteiger partial charge in [0, 0.05) is 26.3 Å². The van der Waals surface area contributed by atoms with Crippen LogP contribution >= 0.6 is 0 Å². The van der Waals surface area contributed by atoms with Crippen LogP contribution in [-0.2, 0) is 11.2 Å². The van der Waals surface area contributed by atoms with Gasteiger partial charge in [0.05, 0.1) is 6.61 Å². The quantitative estimate of drug-likeness (QED) is 0.719. The molecule has 0 heterocycles. The molecule has 1 rings (SSSR count). The smallest absolute Gasteiger partial charge is 0.0587 e. The van der Waals surface area contributed by atoms with Crippen LogP contribution in [-0.4, -0.2) is 38.0 Å². The first-order chi connectivity index (χ1) is 8.26. The van der Waals surface area contributed by atoms with Crippen LogP contribution in [0, 0.1) is 5.92 Å². The number of rotatable bonds is 8. The van der Waals surface area contributed by atoms with Crippen molar-refractivity contribution in [3.8, 4) is 0 Å². The molecule has 0 amide bonds. The first kappa shape index (κ1) is 14.2. The Bertz CT molecular complexity index is 290. The van der Waals surface area contributed by atoms with Crippen LogP contribution in [0.15, 0.2) is 30.3 Å². The van der Waals surface area contributed by atoms with Gasteiger partial charge in [-0.05, 0) is 17.9 Å². The Morgan fingerprint density at radius 1 is 1.29 bits per heavy atom. The van der Waals surface area contributed by atoms with E-state index in [1.54, 1.807) is 7.11 Å². The van der Waals surface area contributed by atoms with Gasteiger partial charge in [0.2, 0.25) is 0 Å². The fourth-order valence-corrected chi connectivity index (χ4v) is 1.81. The first-order valence-corrected chi connectivity index (χ1v) is 6.13. The Hall–Kier alpha value is -0.900. The van der Waals surface area contributed by atoms with E-state index in [9.17, 15) is 5.11 Å². The monoisotopic (exact) mass is 237 g/mol. The number of nitrogens with one attached hydrogen (secondary N) is 1. The van der Waals surface area contributed by atoms with Gasteiger partial charge in [0.25, 0.3) is 0 Å². The van der Waals surface area contributed by atoms with Crippen LogP contribution in [0.5, 0.6) is 0 Å². The number of aliphatic hydroxyl groups is 1. The van der Waals surface area contributed by atoms with E-state index in [4.69, 9.17) is 4.74 Å². The van der Waals surface area contributed by atoms with E-state index < -0.39 is 0 Å². The molecule has 1 aromatic carbocycles. The van der Waals surface area contributed by atoms with Gasteiger partial charge in [-0.3, -0.25) is 0 Å². The van der Waals surface area contributed by atoms with Crippen molar-refractivity contribution in [3.05, 3.63) is 35.9 Å². The molecule has 96 valence electrons. The summed E-state index contributed by atoms with van der Waals surface area (Å²) in [6, 6.07) is 10.4. The van der Waals surface area contributed by atoms with Gasteiger partial charge in [0.15, 0.2) is 0 Å². The number of methoxy groups -OCH3 is 1. The highest BCUT2D eigenvalue weighted by molar-refractivity contribution is 5.15. The highest BCUT2D eigenvalue weighted by Crippen LogP contribution is 2.03. The molecule has 0 aliphatic rings. The SMILES string of the molecule is COCC(C)CN[C@H](CO)Cc1ccccc1. The third-order valence-corrected chi connectivity index (χ3v) is 2.75. The minimum absolute atomic E-state index is 0.122. The largest absolute Gasteiger partial charge is 0.395 e. The second-order valence-electron chi connectivity index (χ2n) is 4.54. The van der Waals surface area contributed by atoms with Gasteiger partial charge < -0.3 is 15.2 Å². The molecule has 1 unspecified atom stereocenters. The van der Waals surface area contributed by atoms with Crippen molar-refractivity contribution in [2.24, 2.45) is 5.92 Å². The molecule has 3 heteroatoms. The summed E-state index contributed by atoms with van der Waals surface area (Å²) in [4.78, 5) is 0. The van der Waals surface area contributed by atoms with Crippen LogP contribution in [0.25, 0.3) is 0 Å². The predicted molar refractivity (Wildman–Crippen MR) is 70.1 cm³/mol. The van der Waals surface area contributed by atoms with Gasteiger partial charge in [-0.1, -0.05) is 37.3 Å². The molecule has 0 bridgehead atoms. The highest BCUT2D eigenvalue weighted by atomic mass is 16.5. The zero-order chi connectivity index (χ0) is 12.5.